The molecule has 0 saturated carbocycles. The zero-order valence-corrected chi connectivity index (χ0v) is 9.82. The molecule has 0 saturated heterocycles. The Morgan fingerprint density at radius 1 is 1.65 bits per heavy atom. The van der Waals surface area contributed by atoms with Crippen molar-refractivity contribution in [2.24, 2.45) is 0 Å². The summed E-state index contributed by atoms with van der Waals surface area (Å²) >= 11 is 0. The number of carbonyl (C=O) groups is 1. The lowest BCUT2D eigenvalue weighted by Crippen LogP contribution is -2.35. The highest BCUT2D eigenvalue weighted by Gasteiger charge is 2.08. The van der Waals surface area contributed by atoms with Crippen LogP contribution in [0, 0.1) is 11.3 Å². The third-order valence-electron chi connectivity index (χ3n) is 1.98. The summed E-state index contributed by atoms with van der Waals surface area (Å²) in [6.45, 7) is 3.83. The van der Waals surface area contributed by atoms with E-state index in [0.29, 0.717) is 11.4 Å². The van der Waals surface area contributed by atoms with Crippen molar-refractivity contribution in [3.63, 3.8) is 0 Å². The number of nitrogens with two attached hydrogens (primary N) is 1. The maximum Gasteiger partial charge on any atom is 0.239 e. The number of hydrogen-bond acceptors (Lipinski definition) is 5. The third-order valence-corrected chi connectivity index (χ3v) is 1.98. The molecule has 0 spiro atoms. The van der Waals surface area contributed by atoms with E-state index < -0.39 is 0 Å². The molecular weight excluding hydrogens is 218 g/mol. The Labute approximate surface area is 99.8 Å². The molecule has 17 heavy (non-hydrogen) atoms. The van der Waals surface area contributed by atoms with Gasteiger partial charge < -0.3 is 16.4 Å². The summed E-state index contributed by atoms with van der Waals surface area (Å²) in [7, 11) is 0. The summed E-state index contributed by atoms with van der Waals surface area (Å²) in [6, 6.07) is 3.56. The number of pyridine rings is 1. The number of aromatic nitrogens is 1. The van der Waals surface area contributed by atoms with Gasteiger partial charge in [0.15, 0.2) is 5.82 Å². The van der Waals surface area contributed by atoms with Gasteiger partial charge in [0.25, 0.3) is 0 Å². The lowest BCUT2D eigenvalue weighted by molar-refractivity contribution is -0.119. The number of nitriles is 1. The van der Waals surface area contributed by atoms with E-state index in [9.17, 15) is 4.79 Å². The van der Waals surface area contributed by atoms with Gasteiger partial charge in [0.2, 0.25) is 5.91 Å². The number of carbonyl (C=O) groups excluding carboxylic acids is 1. The van der Waals surface area contributed by atoms with Crippen LogP contribution in [0.5, 0.6) is 0 Å². The molecule has 0 bridgehead atoms. The van der Waals surface area contributed by atoms with Crippen molar-refractivity contribution in [1.29, 1.82) is 5.26 Å². The quantitative estimate of drug-likeness (QED) is 0.701. The van der Waals surface area contributed by atoms with Crippen LogP contribution in [-0.4, -0.2) is 23.5 Å². The SMILES string of the molecule is CC(C)NC(=O)CNc1nccc(C#N)c1N. The first-order chi connectivity index (χ1) is 8.04. The molecule has 90 valence electrons. The van der Waals surface area contributed by atoms with Crippen molar-refractivity contribution in [2.75, 3.05) is 17.6 Å². The Morgan fingerprint density at radius 3 is 2.94 bits per heavy atom. The van der Waals surface area contributed by atoms with E-state index in [4.69, 9.17) is 11.0 Å². The molecule has 1 aromatic heterocycles. The molecule has 1 heterocycles. The van der Waals surface area contributed by atoms with Gasteiger partial charge in [-0.15, -0.1) is 0 Å². The van der Waals surface area contributed by atoms with Crippen LogP contribution in [0.15, 0.2) is 12.3 Å². The van der Waals surface area contributed by atoms with E-state index in [1.54, 1.807) is 0 Å². The van der Waals surface area contributed by atoms with Gasteiger partial charge in [-0.25, -0.2) is 4.98 Å². The van der Waals surface area contributed by atoms with E-state index in [0.717, 1.165) is 0 Å². The van der Waals surface area contributed by atoms with Gasteiger partial charge >= 0.3 is 0 Å². The van der Waals surface area contributed by atoms with Crippen molar-refractivity contribution in [3.05, 3.63) is 17.8 Å². The molecule has 1 aromatic rings. The molecule has 0 aromatic carbocycles. The van der Waals surface area contributed by atoms with E-state index >= 15 is 0 Å². The highest BCUT2D eigenvalue weighted by molar-refractivity contribution is 5.82. The Kier molecular flexibility index (Phi) is 4.29. The van der Waals surface area contributed by atoms with Crippen LogP contribution in [-0.2, 0) is 4.79 Å². The zero-order valence-electron chi connectivity index (χ0n) is 9.82. The maximum absolute atomic E-state index is 11.4. The largest absolute Gasteiger partial charge is 0.395 e. The molecule has 0 aliphatic rings. The predicted molar refractivity (Wildman–Crippen MR) is 65.1 cm³/mol. The molecule has 0 fully saturated rings. The molecule has 0 aliphatic carbocycles. The van der Waals surface area contributed by atoms with Crippen LogP contribution in [0.4, 0.5) is 11.5 Å². The minimum Gasteiger partial charge on any atom is -0.395 e. The van der Waals surface area contributed by atoms with Gasteiger partial charge in [-0.1, -0.05) is 0 Å². The van der Waals surface area contributed by atoms with Gasteiger partial charge in [-0.05, 0) is 19.9 Å². The van der Waals surface area contributed by atoms with Gasteiger partial charge in [0.05, 0.1) is 17.8 Å². The first-order valence-electron chi connectivity index (χ1n) is 5.22. The number of anilines is 2. The number of rotatable bonds is 4. The van der Waals surface area contributed by atoms with Crippen LogP contribution in [0.25, 0.3) is 0 Å². The molecule has 1 rings (SSSR count). The predicted octanol–water partition coefficient (Wildman–Crippen LogP) is 0.472. The first-order valence-corrected chi connectivity index (χ1v) is 5.22. The van der Waals surface area contributed by atoms with E-state index in [-0.39, 0.29) is 24.2 Å². The Bertz CT molecular complexity index is 450. The van der Waals surface area contributed by atoms with E-state index in [1.807, 2.05) is 19.9 Å². The maximum atomic E-state index is 11.4. The lowest BCUT2D eigenvalue weighted by Gasteiger charge is -2.11. The normalized spacial score (nSPS) is 9.76. The van der Waals surface area contributed by atoms with Crippen LogP contribution in [0.1, 0.15) is 19.4 Å². The molecule has 4 N–H and O–H groups in total. The molecule has 0 atom stereocenters. The van der Waals surface area contributed by atoms with Crippen molar-refractivity contribution in [3.8, 4) is 6.07 Å². The molecule has 0 radical (unpaired) electrons. The Balaban J connectivity index is 2.64. The highest BCUT2D eigenvalue weighted by Crippen LogP contribution is 2.18. The van der Waals surface area contributed by atoms with Crippen molar-refractivity contribution < 1.29 is 4.79 Å². The highest BCUT2D eigenvalue weighted by atomic mass is 16.1. The topological polar surface area (TPSA) is 104 Å². The molecule has 6 nitrogen and oxygen atoms in total. The average molecular weight is 233 g/mol. The van der Waals surface area contributed by atoms with Crippen LogP contribution >= 0.6 is 0 Å². The monoisotopic (exact) mass is 233 g/mol. The summed E-state index contributed by atoms with van der Waals surface area (Å²) in [5, 5.41) is 14.3. The number of nitrogens with one attached hydrogen (secondary N) is 2. The summed E-state index contributed by atoms with van der Waals surface area (Å²) < 4.78 is 0. The van der Waals surface area contributed by atoms with Crippen molar-refractivity contribution >= 4 is 17.4 Å². The summed E-state index contributed by atoms with van der Waals surface area (Å²) in [5.74, 6) is 0.200. The number of amides is 1. The molecular formula is C11H15N5O. The fourth-order valence-corrected chi connectivity index (χ4v) is 1.25. The van der Waals surface area contributed by atoms with Crippen LogP contribution < -0.4 is 16.4 Å². The van der Waals surface area contributed by atoms with Crippen molar-refractivity contribution in [1.82, 2.24) is 10.3 Å². The molecule has 0 unspecified atom stereocenters. The van der Waals surface area contributed by atoms with Gasteiger partial charge in [-0.3, -0.25) is 4.79 Å². The first kappa shape index (κ1) is 12.8. The van der Waals surface area contributed by atoms with Crippen LogP contribution in [0.3, 0.4) is 0 Å². The molecule has 0 aliphatic heterocycles. The van der Waals surface area contributed by atoms with Gasteiger partial charge in [-0.2, -0.15) is 5.26 Å². The summed E-state index contributed by atoms with van der Waals surface area (Å²) in [4.78, 5) is 15.4. The minimum absolute atomic E-state index is 0.0737. The average Bonchev–Trinajstić information content (AvgIpc) is 2.27. The second-order valence-corrected chi connectivity index (χ2v) is 3.81. The number of nitrogens with zero attached hydrogens (tertiary/aromatic N) is 2. The smallest absolute Gasteiger partial charge is 0.239 e. The molecule has 1 amide bonds. The van der Waals surface area contributed by atoms with E-state index in [2.05, 4.69) is 15.6 Å². The second kappa shape index (κ2) is 5.70. The van der Waals surface area contributed by atoms with Crippen molar-refractivity contribution in [2.45, 2.75) is 19.9 Å². The minimum atomic E-state index is -0.149. The fraction of sp³-hybridized carbons (Fsp3) is 0.364. The summed E-state index contributed by atoms with van der Waals surface area (Å²) in [6.07, 6.45) is 1.47. The van der Waals surface area contributed by atoms with Gasteiger partial charge in [0, 0.05) is 12.2 Å². The van der Waals surface area contributed by atoms with E-state index in [1.165, 1.54) is 12.3 Å². The second-order valence-electron chi connectivity index (χ2n) is 3.81. The standard InChI is InChI=1S/C11H15N5O/c1-7(2)16-9(17)6-15-11-10(13)8(5-12)3-4-14-11/h3-4,7H,6,13H2,1-2H3,(H,14,15)(H,16,17). The fourth-order valence-electron chi connectivity index (χ4n) is 1.25. The lowest BCUT2D eigenvalue weighted by atomic mass is 10.2. The molecule has 6 heteroatoms. The number of hydrogen-bond donors (Lipinski definition) is 3. The zero-order chi connectivity index (χ0) is 12.8. The van der Waals surface area contributed by atoms with Crippen LogP contribution in [0.2, 0.25) is 0 Å². The number of nitrogen functional groups attached to an aromatic ring is 1. The Hall–Kier alpha value is -2.29. The Morgan fingerprint density at radius 2 is 2.35 bits per heavy atom. The summed E-state index contributed by atoms with van der Waals surface area (Å²) in [5.41, 5.74) is 6.30. The van der Waals surface area contributed by atoms with Gasteiger partial charge in [0.1, 0.15) is 6.07 Å². The third kappa shape index (κ3) is 3.65.